The highest BCUT2D eigenvalue weighted by atomic mass is 16.5. The number of rotatable bonds is 3. The number of aryl methyl sites for hydroxylation is 2. The number of nitrogens with one attached hydrogen (secondary N) is 1. The zero-order chi connectivity index (χ0) is 15.7. The molecule has 0 bridgehead atoms. The first-order valence-corrected chi connectivity index (χ1v) is 7.12. The fourth-order valence-corrected chi connectivity index (χ4v) is 2.43. The summed E-state index contributed by atoms with van der Waals surface area (Å²) in [6, 6.07) is 10.9. The Bertz CT molecular complexity index is 730. The molecule has 1 heterocycles. The number of carbonyl (C=O) groups is 1. The highest BCUT2D eigenvalue weighted by Gasteiger charge is 2.21. The monoisotopic (exact) mass is 297 g/mol. The Balaban J connectivity index is 1.93. The number of hydrogen-bond donors (Lipinski definition) is 3. The van der Waals surface area contributed by atoms with Crippen molar-refractivity contribution in [3.63, 3.8) is 0 Å². The Kier molecular flexibility index (Phi) is 3.87. The molecule has 5 nitrogen and oxygen atoms in total. The lowest BCUT2D eigenvalue weighted by Gasteiger charge is -2.09. The number of ether oxygens (including phenoxy) is 1. The Labute approximate surface area is 128 Å². The van der Waals surface area contributed by atoms with Gasteiger partial charge in [0, 0.05) is 0 Å². The lowest BCUT2D eigenvalue weighted by atomic mass is 9.82. The van der Waals surface area contributed by atoms with Crippen LogP contribution in [0.3, 0.4) is 0 Å². The van der Waals surface area contributed by atoms with E-state index >= 15 is 0 Å². The number of benzene rings is 2. The molecular formula is C16H16BNO4. The third-order valence-corrected chi connectivity index (χ3v) is 3.58. The molecule has 22 heavy (non-hydrogen) atoms. The molecule has 2 aromatic rings. The van der Waals surface area contributed by atoms with Crippen LogP contribution in [0.5, 0.6) is 11.5 Å². The first-order chi connectivity index (χ1) is 10.5. The van der Waals surface area contributed by atoms with Gasteiger partial charge in [-0.05, 0) is 55.1 Å². The maximum absolute atomic E-state index is 12.4. The molecule has 0 radical (unpaired) electrons. The predicted molar refractivity (Wildman–Crippen MR) is 84.4 cm³/mol. The average molecular weight is 297 g/mol. The van der Waals surface area contributed by atoms with E-state index in [2.05, 4.69) is 5.32 Å². The zero-order valence-corrected chi connectivity index (χ0v) is 12.2. The predicted octanol–water partition coefficient (Wildman–Crippen LogP) is 2.37. The van der Waals surface area contributed by atoms with Crippen LogP contribution in [0, 0.1) is 6.92 Å². The minimum absolute atomic E-state index is 0.223. The van der Waals surface area contributed by atoms with E-state index in [1.165, 1.54) is 0 Å². The van der Waals surface area contributed by atoms with Crippen molar-refractivity contribution in [1.29, 1.82) is 0 Å². The second-order valence-electron chi connectivity index (χ2n) is 5.41. The molecule has 3 rings (SSSR count). The number of anilines is 1. The lowest BCUT2D eigenvalue weighted by Crippen LogP contribution is -2.13. The normalized spacial score (nSPS) is 12.6. The Hall–Kier alpha value is -2.31. The summed E-state index contributed by atoms with van der Waals surface area (Å²) in [5, 5.41) is 20.7. The van der Waals surface area contributed by atoms with Gasteiger partial charge in [-0.15, -0.1) is 0 Å². The van der Waals surface area contributed by atoms with E-state index in [0.717, 1.165) is 11.1 Å². The van der Waals surface area contributed by atoms with Crippen LogP contribution in [-0.2, 0) is 6.42 Å². The van der Waals surface area contributed by atoms with E-state index < -0.39 is 7.12 Å². The van der Waals surface area contributed by atoms with E-state index in [0.29, 0.717) is 29.2 Å². The van der Waals surface area contributed by atoms with Crippen LogP contribution < -0.4 is 10.1 Å². The molecule has 0 spiro atoms. The first-order valence-electron chi connectivity index (χ1n) is 7.12. The SMILES string of the molecule is Cc1ccc2c(c1)NC(=O)c1cc(CCB(O)O)ccc1O2. The van der Waals surface area contributed by atoms with Gasteiger partial charge in [0.25, 0.3) is 5.91 Å². The van der Waals surface area contributed by atoms with Crippen LogP contribution in [0.2, 0.25) is 6.32 Å². The Morgan fingerprint density at radius 3 is 2.68 bits per heavy atom. The van der Waals surface area contributed by atoms with Gasteiger partial charge in [0.1, 0.15) is 5.75 Å². The van der Waals surface area contributed by atoms with Gasteiger partial charge in [0.15, 0.2) is 5.75 Å². The van der Waals surface area contributed by atoms with E-state index in [-0.39, 0.29) is 12.2 Å². The standard InChI is InChI=1S/C16H16BNO4/c1-10-2-4-15-13(8-10)18-16(19)12-9-11(6-7-17(20)21)3-5-14(12)22-15/h2-5,8-9,20-21H,6-7H2,1H3,(H,18,19). The summed E-state index contributed by atoms with van der Waals surface area (Å²) in [5.41, 5.74) is 2.98. The van der Waals surface area contributed by atoms with Crippen molar-refractivity contribution in [2.75, 3.05) is 5.32 Å². The molecule has 2 aromatic carbocycles. The number of hydrogen-bond acceptors (Lipinski definition) is 4. The van der Waals surface area contributed by atoms with Crippen molar-refractivity contribution in [2.45, 2.75) is 19.7 Å². The summed E-state index contributed by atoms with van der Waals surface area (Å²) in [4.78, 5) is 12.4. The van der Waals surface area contributed by atoms with Crippen molar-refractivity contribution in [3.05, 3.63) is 53.1 Å². The van der Waals surface area contributed by atoms with Gasteiger partial charge in [-0.3, -0.25) is 4.79 Å². The van der Waals surface area contributed by atoms with Crippen LogP contribution in [-0.4, -0.2) is 23.1 Å². The summed E-state index contributed by atoms with van der Waals surface area (Å²) in [6.07, 6.45) is 0.699. The van der Waals surface area contributed by atoms with Crippen LogP contribution in [0.4, 0.5) is 5.69 Å². The molecule has 112 valence electrons. The highest BCUT2D eigenvalue weighted by Crippen LogP contribution is 2.36. The number of carbonyl (C=O) groups excluding carboxylic acids is 1. The number of amides is 1. The van der Waals surface area contributed by atoms with Gasteiger partial charge in [-0.1, -0.05) is 12.1 Å². The van der Waals surface area contributed by atoms with Gasteiger partial charge < -0.3 is 20.1 Å². The molecular weight excluding hydrogens is 281 g/mol. The van der Waals surface area contributed by atoms with E-state index in [1.807, 2.05) is 31.2 Å². The average Bonchev–Trinajstić information content (AvgIpc) is 2.61. The Morgan fingerprint density at radius 1 is 1.14 bits per heavy atom. The van der Waals surface area contributed by atoms with Gasteiger partial charge in [-0.2, -0.15) is 0 Å². The third-order valence-electron chi connectivity index (χ3n) is 3.58. The van der Waals surface area contributed by atoms with Crippen molar-refractivity contribution < 1.29 is 19.6 Å². The van der Waals surface area contributed by atoms with E-state index in [1.54, 1.807) is 12.1 Å². The van der Waals surface area contributed by atoms with Crippen molar-refractivity contribution in [2.24, 2.45) is 0 Å². The molecule has 0 saturated heterocycles. The summed E-state index contributed by atoms with van der Waals surface area (Å²) in [6.45, 7) is 1.95. The van der Waals surface area contributed by atoms with Crippen LogP contribution in [0.1, 0.15) is 21.5 Å². The fraction of sp³-hybridized carbons (Fsp3) is 0.188. The molecule has 0 atom stereocenters. The van der Waals surface area contributed by atoms with Crippen LogP contribution >= 0.6 is 0 Å². The molecule has 1 amide bonds. The van der Waals surface area contributed by atoms with Gasteiger partial charge in [0.2, 0.25) is 0 Å². The topological polar surface area (TPSA) is 78.8 Å². The van der Waals surface area contributed by atoms with Crippen LogP contribution in [0.25, 0.3) is 0 Å². The summed E-state index contributed by atoms with van der Waals surface area (Å²) in [7, 11) is -1.35. The first kappa shape index (κ1) is 14.6. The van der Waals surface area contributed by atoms with E-state index in [4.69, 9.17) is 14.8 Å². The molecule has 6 heteroatoms. The second-order valence-corrected chi connectivity index (χ2v) is 5.41. The second kappa shape index (κ2) is 5.83. The molecule has 1 aliphatic heterocycles. The largest absolute Gasteiger partial charge is 0.454 e. The maximum Gasteiger partial charge on any atom is 0.451 e. The molecule has 3 N–H and O–H groups in total. The smallest absolute Gasteiger partial charge is 0.451 e. The molecule has 0 aromatic heterocycles. The van der Waals surface area contributed by atoms with Gasteiger partial charge in [-0.25, -0.2) is 0 Å². The van der Waals surface area contributed by atoms with Crippen LogP contribution in [0.15, 0.2) is 36.4 Å². The van der Waals surface area contributed by atoms with Crippen molar-refractivity contribution >= 4 is 18.7 Å². The zero-order valence-electron chi connectivity index (χ0n) is 12.2. The Morgan fingerprint density at radius 2 is 1.91 bits per heavy atom. The molecule has 0 fully saturated rings. The lowest BCUT2D eigenvalue weighted by molar-refractivity contribution is 0.102. The van der Waals surface area contributed by atoms with Crippen molar-refractivity contribution in [1.82, 2.24) is 0 Å². The summed E-state index contributed by atoms with van der Waals surface area (Å²) in [5.74, 6) is 0.871. The minimum Gasteiger partial charge on any atom is -0.454 e. The highest BCUT2D eigenvalue weighted by molar-refractivity contribution is 6.41. The quantitative estimate of drug-likeness (QED) is 0.760. The van der Waals surface area contributed by atoms with Gasteiger partial charge in [0.05, 0.1) is 11.3 Å². The third kappa shape index (κ3) is 2.98. The van der Waals surface area contributed by atoms with Crippen molar-refractivity contribution in [3.8, 4) is 11.5 Å². The maximum atomic E-state index is 12.4. The molecule has 1 aliphatic rings. The number of fused-ring (bicyclic) bond motifs is 2. The summed E-state index contributed by atoms with van der Waals surface area (Å²) < 4.78 is 5.83. The molecule has 0 saturated carbocycles. The fourth-order valence-electron chi connectivity index (χ4n) is 2.43. The van der Waals surface area contributed by atoms with E-state index in [9.17, 15) is 4.79 Å². The molecule has 0 aliphatic carbocycles. The van der Waals surface area contributed by atoms with Gasteiger partial charge >= 0.3 is 7.12 Å². The molecule has 0 unspecified atom stereocenters. The summed E-state index contributed by atoms with van der Waals surface area (Å²) >= 11 is 0. The minimum atomic E-state index is -1.35.